The van der Waals surface area contributed by atoms with E-state index in [2.05, 4.69) is 15.0 Å². The molecule has 1 fully saturated rings. The van der Waals surface area contributed by atoms with E-state index in [1.807, 2.05) is 0 Å². The molecule has 2 aromatic heterocycles. The molecular formula is C13H17N5O2. The minimum absolute atomic E-state index is 0.0720. The van der Waals surface area contributed by atoms with E-state index in [4.69, 9.17) is 5.73 Å². The summed E-state index contributed by atoms with van der Waals surface area (Å²) in [6.45, 7) is 1.91. The zero-order chi connectivity index (χ0) is 14.1. The number of carboxylic acid groups (broad SMARTS) is 1. The first-order chi connectivity index (χ1) is 9.66. The zero-order valence-electron chi connectivity index (χ0n) is 11.1. The van der Waals surface area contributed by atoms with Crippen molar-refractivity contribution in [3.8, 4) is 0 Å². The number of anilines is 2. The summed E-state index contributed by atoms with van der Waals surface area (Å²) < 4.78 is 1.32. The second-order valence-corrected chi connectivity index (χ2v) is 5.02. The lowest BCUT2D eigenvalue weighted by Crippen LogP contribution is -2.25. The molecule has 0 atom stereocenters. The molecule has 0 aliphatic carbocycles. The van der Waals surface area contributed by atoms with Gasteiger partial charge in [0.15, 0.2) is 11.3 Å². The molecule has 2 aromatic rings. The molecule has 3 N–H and O–H groups in total. The van der Waals surface area contributed by atoms with Gasteiger partial charge < -0.3 is 15.7 Å². The number of nitrogen functional groups attached to an aromatic ring is 1. The van der Waals surface area contributed by atoms with Gasteiger partial charge in [-0.25, -0.2) is 9.31 Å². The van der Waals surface area contributed by atoms with Crippen LogP contribution >= 0.6 is 0 Å². The molecule has 3 heterocycles. The number of aromatic carboxylic acids is 1. The summed E-state index contributed by atoms with van der Waals surface area (Å²) in [6.07, 6.45) is 4.73. The quantitative estimate of drug-likeness (QED) is 0.859. The lowest BCUT2D eigenvalue weighted by molar-refractivity contribution is 0.0687. The number of nitrogens with two attached hydrogens (primary N) is 1. The maximum atomic E-state index is 11.2. The Balaban J connectivity index is 2.11. The van der Waals surface area contributed by atoms with Crippen LogP contribution in [-0.2, 0) is 0 Å². The maximum Gasteiger partial charge on any atom is 0.354 e. The average Bonchev–Trinajstić information content (AvgIpc) is 2.63. The molecule has 3 rings (SSSR count). The van der Waals surface area contributed by atoms with Gasteiger partial charge in [0.2, 0.25) is 5.95 Å². The molecule has 20 heavy (non-hydrogen) atoms. The molecular weight excluding hydrogens is 258 g/mol. The summed E-state index contributed by atoms with van der Waals surface area (Å²) in [7, 11) is 0. The highest BCUT2D eigenvalue weighted by Crippen LogP contribution is 2.25. The van der Waals surface area contributed by atoms with Crippen molar-refractivity contribution in [3.63, 3.8) is 0 Å². The van der Waals surface area contributed by atoms with E-state index in [1.165, 1.54) is 17.4 Å². The number of hydrogen-bond acceptors (Lipinski definition) is 5. The molecule has 0 saturated carbocycles. The van der Waals surface area contributed by atoms with Gasteiger partial charge in [-0.3, -0.25) is 0 Å². The van der Waals surface area contributed by atoms with Gasteiger partial charge in [0.25, 0.3) is 0 Å². The summed E-state index contributed by atoms with van der Waals surface area (Å²) >= 11 is 0. The Morgan fingerprint density at radius 3 is 2.55 bits per heavy atom. The van der Waals surface area contributed by atoms with Crippen LogP contribution < -0.4 is 10.6 Å². The number of aromatic nitrogens is 3. The Morgan fingerprint density at radius 1 is 1.20 bits per heavy atom. The van der Waals surface area contributed by atoms with Gasteiger partial charge in [0, 0.05) is 13.1 Å². The number of fused-ring (bicyclic) bond motifs is 1. The van der Waals surface area contributed by atoms with E-state index in [9.17, 15) is 9.90 Å². The number of nitrogens with zero attached hydrogens (tertiary/aromatic N) is 4. The average molecular weight is 275 g/mol. The largest absolute Gasteiger partial charge is 0.477 e. The van der Waals surface area contributed by atoms with Gasteiger partial charge in [0.1, 0.15) is 0 Å². The van der Waals surface area contributed by atoms with E-state index in [0.29, 0.717) is 5.65 Å². The number of pyridine rings is 1. The van der Waals surface area contributed by atoms with Crippen LogP contribution in [0.25, 0.3) is 5.65 Å². The van der Waals surface area contributed by atoms with Crippen molar-refractivity contribution in [1.82, 2.24) is 14.6 Å². The molecule has 7 heteroatoms. The van der Waals surface area contributed by atoms with E-state index < -0.39 is 5.97 Å². The number of carbonyl (C=O) groups is 1. The van der Waals surface area contributed by atoms with E-state index in [1.54, 1.807) is 12.1 Å². The van der Waals surface area contributed by atoms with Gasteiger partial charge in [-0.1, -0.05) is 12.8 Å². The Hall–Kier alpha value is -2.31. The Kier molecular flexibility index (Phi) is 3.17. The summed E-state index contributed by atoms with van der Waals surface area (Å²) in [5.74, 6) is -0.947. The van der Waals surface area contributed by atoms with Crippen LogP contribution in [0, 0.1) is 0 Å². The lowest BCUT2D eigenvalue weighted by Gasteiger charge is -2.22. The minimum Gasteiger partial charge on any atom is -0.477 e. The third-order valence-electron chi connectivity index (χ3n) is 3.65. The van der Waals surface area contributed by atoms with Gasteiger partial charge in [-0.05, 0) is 25.0 Å². The molecule has 0 aromatic carbocycles. The molecule has 0 amide bonds. The lowest BCUT2D eigenvalue weighted by atomic mass is 10.2. The van der Waals surface area contributed by atoms with E-state index in [-0.39, 0.29) is 11.6 Å². The van der Waals surface area contributed by atoms with Crippen LogP contribution in [0.5, 0.6) is 0 Å². The highest BCUT2D eigenvalue weighted by Gasteiger charge is 2.19. The topological polar surface area (TPSA) is 96.8 Å². The standard InChI is InChI=1S/C13H17N5O2/c14-13-15-11-9(17-7-3-1-2-4-8-17)5-6-10(12(19)20)18(11)16-13/h5-6H,1-4,7-8H2,(H2,14,16)(H,19,20). The SMILES string of the molecule is Nc1nc2c(N3CCCCCC3)ccc(C(=O)O)n2n1. The van der Waals surface area contributed by atoms with Crippen molar-refractivity contribution in [2.45, 2.75) is 25.7 Å². The van der Waals surface area contributed by atoms with Gasteiger partial charge >= 0.3 is 5.97 Å². The summed E-state index contributed by atoms with van der Waals surface area (Å²) in [4.78, 5) is 17.6. The first-order valence-corrected chi connectivity index (χ1v) is 6.80. The fourth-order valence-electron chi connectivity index (χ4n) is 2.69. The van der Waals surface area contributed by atoms with Crippen molar-refractivity contribution in [3.05, 3.63) is 17.8 Å². The zero-order valence-corrected chi connectivity index (χ0v) is 11.1. The predicted molar refractivity (Wildman–Crippen MR) is 75.0 cm³/mol. The highest BCUT2D eigenvalue weighted by atomic mass is 16.4. The number of rotatable bonds is 2. The molecule has 0 unspecified atom stereocenters. The Morgan fingerprint density at radius 2 is 1.90 bits per heavy atom. The fraction of sp³-hybridized carbons (Fsp3) is 0.462. The smallest absolute Gasteiger partial charge is 0.354 e. The van der Waals surface area contributed by atoms with E-state index in [0.717, 1.165) is 31.6 Å². The van der Waals surface area contributed by atoms with Crippen molar-refractivity contribution in [2.75, 3.05) is 23.7 Å². The monoisotopic (exact) mass is 275 g/mol. The van der Waals surface area contributed by atoms with Crippen LogP contribution in [0.15, 0.2) is 12.1 Å². The minimum atomic E-state index is -1.04. The molecule has 1 aliphatic rings. The number of hydrogen-bond donors (Lipinski definition) is 2. The van der Waals surface area contributed by atoms with Crippen molar-refractivity contribution in [2.24, 2.45) is 0 Å². The van der Waals surface area contributed by atoms with Gasteiger partial charge in [0.05, 0.1) is 5.69 Å². The summed E-state index contributed by atoms with van der Waals surface area (Å²) in [6, 6.07) is 3.36. The normalized spacial score (nSPS) is 16.3. The van der Waals surface area contributed by atoms with Gasteiger partial charge in [-0.2, -0.15) is 4.98 Å². The summed E-state index contributed by atoms with van der Waals surface area (Å²) in [5.41, 5.74) is 7.13. The van der Waals surface area contributed by atoms with Crippen molar-refractivity contribution < 1.29 is 9.90 Å². The van der Waals surface area contributed by atoms with Crippen LogP contribution in [-0.4, -0.2) is 38.8 Å². The third kappa shape index (κ3) is 2.15. The van der Waals surface area contributed by atoms with Gasteiger partial charge in [-0.15, -0.1) is 5.10 Å². The Labute approximate surface area is 116 Å². The van der Waals surface area contributed by atoms with Crippen LogP contribution in [0.4, 0.5) is 11.6 Å². The fourth-order valence-corrected chi connectivity index (χ4v) is 2.69. The first-order valence-electron chi connectivity index (χ1n) is 6.80. The van der Waals surface area contributed by atoms with Crippen LogP contribution in [0.2, 0.25) is 0 Å². The van der Waals surface area contributed by atoms with Crippen molar-refractivity contribution >= 4 is 23.3 Å². The molecule has 0 radical (unpaired) electrons. The molecule has 0 bridgehead atoms. The van der Waals surface area contributed by atoms with Crippen LogP contribution in [0.3, 0.4) is 0 Å². The van der Waals surface area contributed by atoms with E-state index >= 15 is 0 Å². The molecule has 7 nitrogen and oxygen atoms in total. The highest BCUT2D eigenvalue weighted by molar-refractivity contribution is 5.88. The predicted octanol–water partition coefficient (Wildman–Crippen LogP) is 1.39. The molecule has 1 saturated heterocycles. The number of carboxylic acids is 1. The summed E-state index contributed by atoms with van der Waals surface area (Å²) in [5, 5.41) is 13.2. The third-order valence-corrected chi connectivity index (χ3v) is 3.65. The molecule has 0 spiro atoms. The second-order valence-electron chi connectivity index (χ2n) is 5.02. The maximum absolute atomic E-state index is 11.2. The second kappa shape index (κ2) is 4.99. The first kappa shape index (κ1) is 12.7. The van der Waals surface area contributed by atoms with Crippen LogP contribution in [0.1, 0.15) is 36.2 Å². The Bertz CT molecular complexity index is 643. The molecule has 106 valence electrons. The van der Waals surface area contributed by atoms with Crippen molar-refractivity contribution in [1.29, 1.82) is 0 Å². The molecule has 1 aliphatic heterocycles.